The minimum atomic E-state index is -0.371. The second-order valence-corrected chi connectivity index (χ2v) is 4.06. The lowest BCUT2D eigenvalue weighted by Gasteiger charge is -2.07. The number of nitrogens with zero attached hydrogens (tertiary/aromatic N) is 2. The van der Waals surface area contributed by atoms with Crippen LogP contribution in [-0.2, 0) is 0 Å². The van der Waals surface area contributed by atoms with Crippen LogP contribution in [0.15, 0.2) is 35.5 Å². The third-order valence-electron chi connectivity index (χ3n) is 2.03. The van der Waals surface area contributed by atoms with Crippen molar-refractivity contribution in [3.8, 4) is 11.6 Å². The van der Waals surface area contributed by atoms with Gasteiger partial charge in [0.1, 0.15) is 17.4 Å². The summed E-state index contributed by atoms with van der Waals surface area (Å²) in [7, 11) is 0. The molecule has 0 aliphatic heterocycles. The summed E-state index contributed by atoms with van der Waals surface area (Å²) in [6.45, 7) is 0. The number of nitrogens with two attached hydrogens (primary N) is 1. The number of nitrogens with one attached hydrogen (secondary N) is 1. The Morgan fingerprint density at radius 2 is 2.17 bits per heavy atom. The number of hydrogen-bond acceptors (Lipinski definition) is 6. The fraction of sp³-hybridized carbons (Fsp3) is 0.0909. The molecule has 18 heavy (non-hydrogen) atoms. The van der Waals surface area contributed by atoms with Gasteiger partial charge in [-0.1, -0.05) is 17.8 Å². The average molecular weight is 266 g/mol. The lowest BCUT2D eigenvalue weighted by atomic mass is 10.3. The maximum atomic E-state index is 13.0. The Morgan fingerprint density at radius 1 is 1.33 bits per heavy atom. The van der Waals surface area contributed by atoms with Crippen LogP contribution in [0, 0.1) is 5.82 Å². The summed E-state index contributed by atoms with van der Waals surface area (Å²) in [6.07, 6.45) is 1.83. The Bertz CT molecular complexity index is 530. The van der Waals surface area contributed by atoms with E-state index in [1.165, 1.54) is 30.0 Å². The molecule has 2 aromatic rings. The van der Waals surface area contributed by atoms with E-state index in [1.807, 2.05) is 6.26 Å². The predicted molar refractivity (Wildman–Crippen MR) is 68.1 cm³/mol. The largest absolute Gasteiger partial charge is 0.439 e. The third kappa shape index (κ3) is 3.08. The standard InChI is InChI=1S/C11H11FN4OS/c1-18-11-14-9(16-13)6-10(15-11)17-8-4-2-3-7(12)5-8/h2-6H,13H2,1H3,(H,14,15,16). The van der Waals surface area contributed by atoms with E-state index in [0.717, 1.165) is 0 Å². The topological polar surface area (TPSA) is 73.1 Å². The number of ether oxygens (including phenoxy) is 1. The first-order chi connectivity index (χ1) is 8.71. The number of hydrogen-bond donors (Lipinski definition) is 2. The maximum Gasteiger partial charge on any atom is 0.225 e. The molecule has 1 aromatic heterocycles. The predicted octanol–water partition coefficient (Wildman–Crippen LogP) is 2.42. The zero-order valence-electron chi connectivity index (χ0n) is 9.55. The monoisotopic (exact) mass is 266 g/mol. The summed E-state index contributed by atoms with van der Waals surface area (Å²) in [6, 6.07) is 7.34. The van der Waals surface area contributed by atoms with Crippen LogP contribution in [0.2, 0.25) is 0 Å². The highest BCUT2D eigenvalue weighted by Crippen LogP contribution is 2.24. The van der Waals surface area contributed by atoms with Gasteiger partial charge in [-0.3, -0.25) is 0 Å². The molecule has 94 valence electrons. The Labute approximate surface area is 108 Å². The molecule has 1 aromatic carbocycles. The zero-order valence-corrected chi connectivity index (χ0v) is 10.4. The highest BCUT2D eigenvalue weighted by molar-refractivity contribution is 7.98. The molecule has 2 rings (SSSR count). The Balaban J connectivity index is 2.28. The third-order valence-corrected chi connectivity index (χ3v) is 2.58. The number of aromatic nitrogens is 2. The van der Waals surface area contributed by atoms with Crippen molar-refractivity contribution in [1.82, 2.24) is 9.97 Å². The molecule has 5 nitrogen and oxygen atoms in total. The van der Waals surface area contributed by atoms with E-state index in [1.54, 1.807) is 12.1 Å². The van der Waals surface area contributed by atoms with Gasteiger partial charge in [-0.05, 0) is 18.4 Å². The van der Waals surface area contributed by atoms with Crippen LogP contribution in [0.3, 0.4) is 0 Å². The van der Waals surface area contributed by atoms with E-state index in [2.05, 4.69) is 15.4 Å². The molecule has 0 unspecified atom stereocenters. The molecule has 0 radical (unpaired) electrons. The molecule has 1 heterocycles. The van der Waals surface area contributed by atoms with E-state index < -0.39 is 0 Å². The summed E-state index contributed by atoms with van der Waals surface area (Å²) in [4.78, 5) is 8.23. The van der Waals surface area contributed by atoms with Gasteiger partial charge >= 0.3 is 0 Å². The summed E-state index contributed by atoms with van der Waals surface area (Å²) >= 11 is 1.35. The molecule has 0 aliphatic rings. The summed E-state index contributed by atoms with van der Waals surface area (Å²) < 4.78 is 18.5. The minimum absolute atomic E-state index is 0.299. The fourth-order valence-electron chi connectivity index (χ4n) is 1.27. The van der Waals surface area contributed by atoms with Crippen LogP contribution < -0.4 is 16.0 Å². The summed E-state index contributed by atoms with van der Waals surface area (Å²) in [5.74, 6) is 6.02. The van der Waals surface area contributed by atoms with Crippen molar-refractivity contribution in [2.45, 2.75) is 5.16 Å². The maximum absolute atomic E-state index is 13.0. The molecular formula is C11H11FN4OS. The SMILES string of the molecule is CSc1nc(NN)cc(Oc2cccc(F)c2)n1. The molecule has 0 saturated carbocycles. The number of benzene rings is 1. The van der Waals surface area contributed by atoms with E-state index in [9.17, 15) is 4.39 Å². The number of hydrazine groups is 1. The lowest BCUT2D eigenvalue weighted by Crippen LogP contribution is -2.09. The minimum Gasteiger partial charge on any atom is -0.439 e. The second-order valence-electron chi connectivity index (χ2n) is 3.28. The Morgan fingerprint density at radius 3 is 2.83 bits per heavy atom. The van der Waals surface area contributed by atoms with Crippen molar-refractivity contribution in [2.24, 2.45) is 5.84 Å². The Hall–Kier alpha value is -1.86. The van der Waals surface area contributed by atoms with Gasteiger partial charge in [-0.15, -0.1) is 0 Å². The van der Waals surface area contributed by atoms with E-state index >= 15 is 0 Å². The van der Waals surface area contributed by atoms with Gasteiger partial charge in [-0.25, -0.2) is 15.2 Å². The first-order valence-corrected chi connectivity index (χ1v) is 6.27. The van der Waals surface area contributed by atoms with Crippen LogP contribution in [0.1, 0.15) is 0 Å². The summed E-state index contributed by atoms with van der Waals surface area (Å²) in [5, 5.41) is 0.511. The van der Waals surface area contributed by atoms with Crippen molar-refractivity contribution < 1.29 is 9.13 Å². The number of nitrogen functional groups attached to an aromatic ring is 1. The number of anilines is 1. The van der Waals surface area contributed by atoms with Crippen LogP contribution in [0.25, 0.3) is 0 Å². The van der Waals surface area contributed by atoms with Gasteiger partial charge in [-0.2, -0.15) is 4.98 Å². The lowest BCUT2D eigenvalue weighted by molar-refractivity contribution is 0.451. The Kier molecular flexibility index (Phi) is 3.96. The molecule has 0 aliphatic carbocycles. The molecule has 7 heteroatoms. The quantitative estimate of drug-likeness (QED) is 0.383. The van der Waals surface area contributed by atoms with Crippen LogP contribution >= 0.6 is 11.8 Å². The molecule has 0 atom stereocenters. The van der Waals surface area contributed by atoms with Gasteiger partial charge in [0.2, 0.25) is 5.88 Å². The van der Waals surface area contributed by atoms with Crippen molar-refractivity contribution >= 4 is 17.6 Å². The van der Waals surface area contributed by atoms with E-state index in [4.69, 9.17) is 10.6 Å². The molecule has 0 saturated heterocycles. The van der Waals surface area contributed by atoms with Crippen molar-refractivity contribution in [1.29, 1.82) is 0 Å². The van der Waals surface area contributed by atoms with Gasteiger partial charge in [0.05, 0.1) is 0 Å². The number of rotatable bonds is 4. The second kappa shape index (κ2) is 5.65. The highest BCUT2D eigenvalue weighted by atomic mass is 32.2. The van der Waals surface area contributed by atoms with Crippen molar-refractivity contribution in [3.05, 3.63) is 36.1 Å². The van der Waals surface area contributed by atoms with Crippen molar-refractivity contribution in [3.63, 3.8) is 0 Å². The van der Waals surface area contributed by atoms with Crippen LogP contribution in [0.4, 0.5) is 10.2 Å². The molecule has 0 spiro atoms. The van der Waals surface area contributed by atoms with E-state index in [-0.39, 0.29) is 5.82 Å². The molecule has 0 amide bonds. The van der Waals surface area contributed by atoms with Crippen molar-refractivity contribution in [2.75, 3.05) is 11.7 Å². The number of halogens is 1. The first-order valence-electron chi connectivity index (χ1n) is 5.04. The fourth-order valence-corrected chi connectivity index (χ4v) is 1.64. The average Bonchev–Trinajstić information content (AvgIpc) is 2.38. The van der Waals surface area contributed by atoms with Gasteiger partial charge in [0.15, 0.2) is 5.16 Å². The molecular weight excluding hydrogens is 255 g/mol. The zero-order chi connectivity index (χ0) is 13.0. The van der Waals surface area contributed by atoms with Gasteiger partial charge in [0, 0.05) is 12.1 Å². The van der Waals surface area contributed by atoms with Crippen LogP contribution in [0.5, 0.6) is 11.6 Å². The van der Waals surface area contributed by atoms with E-state index in [0.29, 0.717) is 22.6 Å². The van der Waals surface area contributed by atoms with Gasteiger partial charge < -0.3 is 10.2 Å². The molecule has 0 bridgehead atoms. The smallest absolute Gasteiger partial charge is 0.225 e. The van der Waals surface area contributed by atoms with Gasteiger partial charge in [0.25, 0.3) is 0 Å². The summed E-state index contributed by atoms with van der Waals surface area (Å²) in [5.41, 5.74) is 2.42. The number of thioether (sulfide) groups is 1. The first kappa shape index (κ1) is 12.6. The molecule has 0 fully saturated rings. The molecule has 3 N–H and O–H groups in total. The highest BCUT2D eigenvalue weighted by Gasteiger charge is 2.06. The normalized spacial score (nSPS) is 10.2. The van der Waals surface area contributed by atoms with Crippen LogP contribution in [-0.4, -0.2) is 16.2 Å².